The fourth-order valence-electron chi connectivity index (χ4n) is 3.19. The van der Waals surface area contributed by atoms with Crippen LogP contribution in [-0.2, 0) is 27.3 Å². The molecule has 0 radical (unpaired) electrons. The molecular formula is C20H23N3O5. The third kappa shape index (κ3) is 4.57. The number of benzene rings is 1. The summed E-state index contributed by atoms with van der Waals surface area (Å²) in [6.07, 6.45) is 4.10. The number of amides is 1. The molecule has 0 spiro atoms. The topological polar surface area (TPSA) is 102 Å². The monoisotopic (exact) mass is 385 g/mol. The Labute approximate surface area is 162 Å². The van der Waals surface area contributed by atoms with Crippen LogP contribution in [0.25, 0.3) is 0 Å². The Bertz CT molecular complexity index is 862. The first-order chi connectivity index (χ1) is 13.5. The highest BCUT2D eigenvalue weighted by atomic mass is 16.6. The minimum absolute atomic E-state index is 0.134. The van der Waals surface area contributed by atoms with E-state index >= 15 is 0 Å². The van der Waals surface area contributed by atoms with Gasteiger partial charge in [0, 0.05) is 25.4 Å². The fraction of sp³-hybridized carbons (Fsp3) is 0.400. The van der Waals surface area contributed by atoms with Gasteiger partial charge in [0.1, 0.15) is 12.1 Å². The highest BCUT2D eigenvalue weighted by Crippen LogP contribution is 2.31. The Morgan fingerprint density at radius 3 is 2.71 bits per heavy atom. The third-order valence-electron chi connectivity index (χ3n) is 4.86. The lowest BCUT2D eigenvalue weighted by atomic mass is 9.99. The zero-order valence-corrected chi connectivity index (χ0v) is 15.7. The molecule has 1 aromatic carbocycles. The molecule has 0 bridgehead atoms. The molecule has 28 heavy (non-hydrogen) atoms. The number of nitrogens with zero attached hydrogens (tertiary/aromatic N) is 2. The van der Waals surface area contributed by atoms with E-state index in [1.807, 2.05) is 30.3 Å². The maximum atomic E-state index is 12.7. The summed E-state index contributed by atoms with van der Waals surface area (Å²) < 4.78 is 10.8. The van der Waals surface area contributed by atoms with Crippen molar-refractivity contribution in [3.63, 3.8) is 0 Å². The average molecular weight is 385 g/mol. The first-order valence-electron chi connectivity index (χ1n) is 9.18. The molecule has 1 aliphatic heterocycles. The van der Waals surface area contributed by atoms with Crippen molar-refractivity contribution in [1.82, 2.24) is 14.9 Å². The largest absolute Gasteiger partial charge is 0.464 e. The Balaban J connectivity index is 1.54. The first kappa shape index (κ1) is 19.6. The fourth-order valence-corrected chi connectivity index (χ4v) is 3.19. The number of rotatable bonds is 6. The molecular weight excluding hydrogens is 362 g/mol. The Morgan fingerprint density at radius 2 is 2.00 bits per heavy atom. The van der Waals surface area contributed by atoms with Gasteiger partial charge in [0.05, 0.1) is 6.61 Å². The summed E-state index contributed by atoms with van der Waals surface area (Å²) in [7, 11) is 0. The summed E-state index contributed by atoms with van der Waals surface area (Å²) in [5, 5.41) is 0. The van der Waals surface area contributed by atoms with Crippen LogP contribution in [-0.4, -0.2) is 45.6 Å². The predicted octanol–water partition coefficient (Wildman–Crippen LogP) is 2.05. The van der Waals surface area contributed by atoms with E-state index in [2.05, 4.69) is 9.97 Å². The van der Waals surface area contributed by atoms with Crippen molar-refractivity contribution in [3.05, 3.63) is 64.3 Å². The van der Waals surface area contributed by atoms with Gasteiger partial charge in [-0.15, -0.1) is 0 Å². The van der Waals surface area contributed by atoms with Gasteiger partial charge in [-0.25, -0.2) is 19.4 Å². The maximum Gasteiger partial charge on any atom is 0.411 e. The number of hydrogen-bond acceptors (Lipinski definition) is 6. The van der Waals surface area contributed by atoms with E-state index in [0.29, 0.717) is 25.8 Å². The molecule has 3 rings (SSSR count). The zero-order chi connectivity index (χ0) is 20.0. The molecule has 1 aliphatic rings. The maximum absolute atomic E-state index is 12.7. The molecule has 1 atom stereocenters. The van der Waals surface area contributed by atoms with Crippen molar-refractivity contribution < 1.29 is 19.1 Å². The van der Waals surface area contributed by atoms with Gasteiger partial charge in [0.15, 0.2) is 0 Å². The third-order valence-corrected chi connectivity index (χ3v) is 4.86. The van der Waals surface area contributed by atoms with Crippen molar-refractivity contribution >= 4 is 12.1 Å². The highest BCUT2D eigenvalue weighted by Gasteiger charge is 2.47. The second kappa shape index (κ2) is 8.69. The van der Waals surface area contributed by atoms with Gasteiger partial charge >= 0.3 is 17.8 Å². The number of likely N-dealkylation sites (tertiary alicyclic amines) is 1. The Morgan fingerprint density at radius 1 is 1.21 bits per heavy atom. The van der Waals surface area contributed by atoms with E-state index in [0.717, 1.165) is 11.1 Å². The number of aromatic nitrogens is 2. The van der Waals surface area contributed by atoms with Crippen molar-refractivity contribution in [2.24, 2.45) is 0 Å². The van der Waals surface area contributed by atoms with E-state index in [-0.39, 0.29) is 13.2 Å². The molecule has 1 amide bonds. The van der Waals surface area contributed by atoms with Gasteiger partial charge in [0.2, 0.25) is 0 Å². The summed E-state index contributed by atoms with van der Waals surface area (Å²) >= 11 is 0. The molecule has 2 aromatic rings. The molecule has 2 heterocycles. The Kier molecular flexibility index (Phi) is 6.08. The molecule has 1 aromatic heterocycles. The van der Waals surface area contributed by atoms with Crippen LogP contribution in [0.1, 0.15) is 30.9 Å². The van der Waals surface area contributed by atoms with Crippen LogP contribution in [0.4, 0.5) is 4.79 Å². The number of H-pyrrole nitrogens is 1. The molecule has 1 N–H and O–H groups in total. The van der Waals surface area contributed by atoms with Crippen LogP contribution in [0.5, 0.6) is 0 Å². The lowest BCUT2D eigenvalue weighted by Crippen LogP contribution is -2.51. The van der Waals surface area contributed by atoms with Crippen LogP contribution >= 0.6 is 0 Å². The number of nitrogens with one attached hydrogen (secondary N) is 1. The minimum Gasteiger partial charge on any atom is -0.464 e. The summed E-state index contributed by atoms with van der Waals surface area (Å²) in [4.78, 5) is 43.7. The smallest absolute Gasteiger partial charge is 0.411 e. The van der Waals surface area contributed by atoms with E-state index in [4.69, 9.17) is 9.47 Å². The second-order valence-electron chi connectivity index (χ2n) is 6.88. The van der Waals surface area contributed by atoms with E-state index in [1.165, 1.54) is 17.3 Å². The van der Waals surface area contributed by atoms with Gasteiger partial charge in [-0.05, 0) is 30.9 Å². The molecule has 0 saturated carbocycles. The van der Waals surface area contributed by atoms with E-state index in [9.17, 15) is 14.4 Å². The number of esters is 1. The van der Waals surface area contributed by atoms with E-state index < -0.39 is 23.3 Å². The standard InChI is InChI=1S/C20H23N3O5/c1-20(17(24)27-11-8-16-12-21-18(25)22-13-16)9-5-10-23(20)19(26)28-14-15-6-3-2-4-7-15/h2-4,6-7,12-13H,5,8-11,14H2,1H3,(H,21,22,25). The highest BCUT2D eigenvalue weighted by molar-refractivity contribution is 5.86. The van der Waals surface area contributed by atoms with Crippen molar-refractivity contribution in [2.75, 3.05) is 13.2 Å². The zero-order valence-electron chi connectivity index (χ0n) is 15.7. The number of ether oxygens (including phenoxy) is 2. The quantitative estimate of drug-likeness (QED) is 0.764. The van der Waals surface area contributed by atoms with Crippen LogP contribution in [0.3, 0.4) is 0 Å². The Hall–Kier alpha value is -3.16. The molecule has 1 fully saturated rings. The summed E-state index contributed by atoms with van der Waals surface area (Å²) in [5.74, 6) is -0.459. The van der Waals surface area contributed by atoms with Crippen molar-refractivity contribution in [2.45, 2.75) is 38.3 Å². The van der Waals surface area contributed by atoms with E-state index in [1.54, 1.807) is 6.92 Å². The van der Waals surface area contributed by atoms with Crippen molar-refractivity contribution in [3.8, 4) is 0 Å². The average Bonchev–Trinajstić information content (AvgIpc) is 3.11. The SMILES string of the molecule is CC1(C(=O)OCCc2cnc(=O)[nH]c2)CCCN1C(=O)OCc1ccccc1. The molecule has 148 valence electrons. The lowest BCUT2D eigenvalue weighted by molar-refractivity contribution is -0.154. The van der Waals surface area contributed by atoms with Crippen LogP contribution in [0.2, 0.25) is 0 Å². The second-order valence-corrected chi connectivity index (χ2v) is 6.88. The van der Waals surface area contributed by atoms with Crippen LogP contribution in [0, 0.1) is 0 Å². The summed E-state index contributed by atoms with van der Waals surface area (Å²) in [5.41, 5.74) is 0.164. The summed E-state index contributed by atoms with van der Waals surface area (Å²) in [6, 6.07) is 9.38. The minimum atomic E-state index is -1.04. The molecule has 8 heteroatoms. The van der Waals surface area contributed by atoms with Crippen molar-refractivity contribution in [1.29, 1.82) is 0 Å². The number of carbonyl (C=O) groups excluding carboxylic acids is 2. The normalized spacial score (nSPS) is 18.7. The molecule has 1 saturated heterocycles. The predicted molar refractivity (Wildman–Crippen MR) is 100 cm³/mol. The van der Waals surface area contributed by atoms with Gasteiger partial charge < -0.3 is 14.5 Å². The molecule has 0 aliphatic carbocycles. The van der Waals surface area contributed by atoms with Crippen LogP contribution < -0.4 is 5.69 Å². The first-order valence-corrected chi connectivity index (χ1v) is 9.18. The van der Waals surface area contributed by atoms with Crippen LogP contribution in [0.15, 0.2) is 47.5 Å². The van der Waals surface area contributed by atoms with Gasteiger partial charge in [0.25, 0.3) is 0 Å². The molecule has 8 nitrogen and oxygen atoms in total. The number of aromatic amines is 1. The lowest BCUT2D eigenvalue weighted by Gasteiger charge is -2.32. The summed E-state index contributed by atoms with van der Waals surface area (Å²) in [6.45, 7) is 2.44. The van der Waals surface area contributed by atoms with Gasteiger partial charge in [-0.3, -0.25) is 4.90 Å². The van der Waals surface area contributed by atoms with Gasteiger partial charge in [-0.2, -0.15) is 0 Å². The number of carbonyl (C=O) groups is 2. The van der Waals surface area contributed by atoms with Gasteiger partial charge in [-0.1, -0.05) is 30.3 Å². The number of hydrogen-bond donors (Lipinski definition) is 1. The molecule has 1 unspecified atom stereocenters.